The highest BCUT2D eigenvalue weighted by Crippen LogP contribution is 2.26. The van der Waals surface area contributed by atoms with E-state index in [0.29, 0.717) is 11.2 Å². The van der Waals surface area contributed by atoms with E-state index in [9.17, 15) is 0 Å². The molecule has 1 heterocycles. The number of nitrogens with two attached hydrogens (primary N) is 3. The molecule has 0 saturated heterocycles. The number of benzene rings is 2. The smallest absolute Gasteiger partial charge is 0.223 e. The lowest BCUT2D eigenvalue weighted by Crippen LogP contribution is -2.26. The van der Waals surface area contributed by atoms with Crippen molar-refractivity contribution in [2.45, 2.75) is 27.7 Å². The van der Waals surface area contributed by atoms with E-state index >= 15 is 0 Å². The predicted octanol–water partition coefficient (Wildman–Crippen LogP) is 2.10. The van der Waals surface area contributed by atoms with Gasteiger partial charge in [-0.1, -0.05) is 0 Å². The van der Waals surface area contributed by atoms with Crippen LogP contribution >= 0.6 is 0 Å². The molecule has 152 valence electrons. The number of nitrogens with zero attached hydrogens (tertiary/aromatic N) is 6. The van der Waals surface area contributed by atoms with E-state index in [2.05, 4.69) is 58.0 Å². The average molecular weight is 393 g/mol. The van der Waals surface area contributed by atoms with Crippen LogP contribution < -0.4 is 22.1 Å². The zero-order valence-electron chi connectivity index (χ0n) is 17.2. The summed E-state index contributed by atoms with van der Waals surface area (Å²) in [6.45, 7) is 10.2. The fraction of sp³-hybridized carbons (Fsp3) is 0.300. The van der Waals surface area contributed by atoms with Crippen molar-refractivity contribution in [3.8, 4) is 5.69 Å². The molecule has 0 aliphatic carbocycles. The van der Waals surface area contributed by atoms with Gasteiger partial charge in [-0.2, -0.15) is 9.79 Å². The van der Waals surface area contributed by atoms with Crippen LogP contribution in [-0.2, 0) is 0 Å². The number of hydrogen-bond donors (Lipinski definition) is 3. The molecular weight excluding hydrogens is 366 g/mol. The summed E-state index contributed by atoms with van der Waals surface area (Å²) in [7, 11) is 0. The van der Waals surface area contributed by atoms with Crippen molar-refractivity contribution in [3.63, 3.8) is 0 Å². The Balaban J connectivity index is 2.01. The van der Waals surface area contributed by atoms with E-state index in [4.69, 9.17) is 17.2 Å². The molecule has 0 amide bonds. The molecule has 0 spiro atoms. The second kappa shape index (κ2) is 8.17. The second-order valence-corrected chi connectivity index (χ2v) is 6.77. The summed E-state index contributed by atoms with van der Waals surface area (Å²) in [5.41, 5.74) is 22.7. The summed E-state index contributed by atoms with van der Waals surface area (Å²) in [5.74, 6) is -0.151. The molecule has 0 radical (unpaired) electrons. The zero-order valence-corrected chi connectivity index (χ0v) is 17.2. The van der Waals surface area contributed by atoms with Gasteiger partial charge in [-0.25, -0.2) is 4.99 Å². The van der Waals surface area contributed by atoms with Crippen LogP contribution in [0.5, 0.6) is 0 Å². The van der Waals surface area contributed by atoms with Crippen molar-refractivity contribution in [3.05, 3.63) is 41.5 Å². The normalized spacial score (nSPS) is 11.7. The monoisotopic (exact) mass is 393 g/mol. The van der Waals surface area contributed by atoms with Gasteiger partial charge in [-0.15, -0.1) is 10.2 Å². The number of aryl methyl sites for hydroxylation is 2. The SMILES string of the molecule is CCN(CC)c1ccc(-n2nc3cc(C)c(N=C(N)N=C(N)N)cc3n2)c(C)c1. The Morgan fingerprint density at radius 3 is 2.21 bits per heavy atom. The summed E-state index contributed by atoms with van der Waals surface area (Å²) in [6.07, 6.45) is 0. The Morgan fingerprint density at radius 1 is 0.966 bits per heavy atom. The van der Waals surface area contributed by atoms with Gasteiger partial charge in [0.15, 0.2) is 5.96 Å². The molecule has 2 aromatic carbocycles. The average Bonchev–Trinajstić information content (AvgIpc) is 3.04. The minimum absolute atomic E-state index is 0.0114. The number of aliphatic imine (C=N–C) groups is 2. The van der Waals surface area contributed by atoms with Crippen LogP contribution in [0.15, 0.2) is 40.3 Å². The largest absolute Gasteiger partial charge is 0.372 e. The van der Waals surface area contributed by atoms with E-state index in [-0.39, 0.29) is 11.9 Å². The second-order valence-electron chi connectivity index (χ2n) is 6.77. The van der Waals surface area contributed by atoms with Crippen molar-refractivity contribution in [1.82, 2.24) is 15.0 Å². The number of fused-ring (bicyclic) bond motifs is 1. The maximum absolute atomic E-state index is 5.75. The molecule has 6 N–H and O–H groups in total. The van der Waals surface area contributed by atoms with Crippen LogP contribution in [0.1, 0.15) is 25.0 Å². The molecule has 0 fully saturated rings. The van der Waals surface area contributed by atoms with Gasteiger partial charge >= 0.3 is 0 Å². The fourth-order valence-corrected chi connectivity index (χ4v) is 3.22. The van der Waals surface area contributed by atoms with E-state index in [1.54, 1.807) is 4.80 Å². The molecule has 1 aromatic heterocycles. The molecule has 0 unspecified atom stereocenters. The van der Waals surface area contributed by atoms with Crippen LogP contribution in [-0.4, -0.2) is 40.0 Å². The highest BCUT2D eigenvalue weighted by atomic mass is 15.5. The first-order valence-corrected chi connectivity index (χ1v) is 9.49. The van der Waals surface area contributed by atoms with Gasteiger partial charge in [-0.05, 0) is 69.2 Å². The molecule has 3 rings (SSSR count). The summed E-state index contributed by atoms with van der Waals surface area (Å²) in [4.78, 5) is 12.0. The third kappa shape index (κ3) is 4.29. The van der Waals surface area contributed by atoms with E-state index in [0.717, 1.165) is 35.4 Å². The quantitative estimate of drug-likeness (QED) is 0.448. The highest BCUT2D eigenvalue weighted by Gasteiger charge is 2.12. The van der Waals surface area contributed by atoms with Crippen LogP contribution in [0.2, 0.25) is 0 Å². The van der Waals surface area contributed by atoms with Gasteiger partial charge in [0.05, 0.1) is 11.4 Å². The zero-order chi connectivity index (χ0) is 21.1. The number of hydrogen-bond acceptors (Lipinski definition) is 4. The first-order chi connectivity index (χ1) is 13.8. The first-order valence-electron chi connectivity index (χ1n) is 9.49. The summed E-state index contributed by atoms with van der Waals surface area (Å²) in [5, 5.41) is 9.26. The maximum Gasteiger partial charge on any atom is 0.223 e. The van der Waals surface area contributed by atoms with Gasteiger partial charge in [0, 0.05) is 18.8 Å². The number of anilines is 1. The Morgan fingerprint density at radius 2 is 1.62 bits per heavy atom. The molecule has 0 atom stereocenters. The number of rotatable bonds is 5. The standard InChI is InChI=1S/C20H27N9/c1-5-28(6-2)14-7-8-18(13(4)9-14)29-26-16-10-12(3)15(11-17(16)27-29)24-20(23)25-19(21)22/h7-11H,5-6H2,1-4H3,(H6,21,22,23,24,25). The molecule has 29 heavy (non-hydrogen) atoms. The molecular formula is C20H27N9. The number of guanidine groups is 2. The molecule has 0 aliphatic heterocycles. The lowest BCUT2D eigenvalue weighted by Gasteiger charge is -2.22. The van der Waals surface area contributed by atoms with Crippen molar-refractivity contribution in [2.24, 2.45) is 27.2 Å². The Labute approximate surface area is 169 Å². The van der Waals surface area contributed by atoms with E-state index in [1.165, 1.54) is 5.69 Å². The van der Waals surface area contributed by atoms with Crippen LogP contribution in [0, 0.1) is 13.8 Å². The lowest BCUT2D eigenvalue weighted by atomic mass is 10.1. The molecule has 9 nitrogen and oxygen atoms in total. The summed E-state index contributed by atoms with van der Waals surface area (Å²) < 4.78 is 0. The van der Waals surface area contributed by atoms with E-state index < -0.39 is 0 Å². The van der Waals surface area contributed by atoms with Gasteiger partial charge in [0.1, 0.15) is 11.0 Å². The first kappa shape index (κ1) is 20.1. The van der Waals surface area contributed by atoms with Crippen LogP contribution in [0.3, 0.4) is 0 Å². The molecule has 0 aliphatic rings. The van der Waals surface area contributed by atoms with Gasteiger partial charge in [0.2, 0.25) is 5.96 Å². The summed E-state index contributed by atoms with van der Waals surface area (Å²) >= 11 is 0. The lowest BCUT2D eigenvalue weighted by molar-refractivity contribution is 0.759. The minimum Gasteiger partial charge on any atom is -0.372 e. The Bertz CT molecular complexity index is 1090. The van der Waals surface area contributed by atoms with Crippen molar-refractivity contribution in [1.29, 1.82) is 0 Å². The highest BCUT2D eigenvalue weighted by molar-refractivity contribution is 5.94. The number of aromatic nitrogens is 3. The topological polar surface area (TPSA) is 137 Å². The Kier molecular flexibility index (Phi) is 5.67. The van der Waals surface area contributed by atoms with E-state index in [1.807, 2.05) is 25.1 Å². The van der Waals surface area contributed by atoms with Crippen molar-refractivity contribution >= 4 is 34.3 Å². The third-order valence-corrected chi connectivity index (χ3v) is 4.70. The van der Waals surface area contributed by atoms with Gasteiger partial charge in [-0.3, -0.25) is 0 Å². The minimum atomic E-state index is -0.139. The molecule has 0 saturated carbocycles. The van der Waals surface area contributed by atoms with Crippen LogP contribution in [0.25, 0.3) is 16.7 Å². The predicted molar refractivity (Wildman–Crippen MR) is 119 cm³/mol. The van der Waals surface area contributed by atoms with Crippen molar-refractivity contribution in [2.75, 3.05) is 18.0 Å². The summed E-state index contributed by atoms with van der Waals surface area (Å²) in [6, 6.07) is 10.0. The van der Waals surface area contributed by atoms with Gasteiger partial charge in [0.25, 0.3) is 0 Å². The molecule has 3 aromatic rings. The maximum atomic E-state index is 5.75. The molecule has 9 heteroatoms. The van der Waals surface area contributed by atoms with Crippen LogP contribution in [0.4, 0.5) is 11.4 Å². The third-order valence-electron chi connectivity index (χ3n) is 4.70. The van der Waals surface area contributed by atoms with Crippen molar-refractivity contribution < 1.29 is 0 Å². The van der Waals surface area contributed by atoms with Gasteiger partial charge < -0.3 is 22.1 Å². The fourth-order valence-electron chi connectivity index (χ4n) is 3.22. The Hall–Kier alpha value is -3.62. The molecule has 0 bridgehead atoms.